The first-order valence-corrected chi connectivity index (χ1v) is 7.12. The molecule has 3 rings (SSSR count). The van der Waals surface area contributed by atoms with Gasteiger partial charge in [-0.15, -0.1) is 0 Å². The summed E-state index contributed by atoms with van der Waals surface area (Å²) in [4.78, 5) is 0. The van der Waals surface area contributed by atoms with E-state index in [-0.39, 0.29) is 0 Å². The van der Waals surface area contributed by atoms with Crippen LogP contribution in [-0.2, 0) is 0 Å². The molecular weight excluding hydrogens is 309 g/mol. The molecule has 2 aromatic carbocycles. The van der Waals surface area contributed by atoms with Gasteiger partial charge in [-0.1, -0.05) is 29.3 Å². The summed E-state index contributed by atoms with van der Waals surface area (Å²) in [6.45, 7) is 0. The first kappa shape index (κ1) is 14.3. The second-order valence-corrected chi connectivity index (χ2v) is 5.52. The Morgan fingerprint density at radius 2 is 1.86 bits per heavy atom. The number of hydrogen-bond acceptors (Lipinski definition) is 3. The predicted molar refractivity (Wildman–Crippen MR) is 85.3 cm³/mol. The molecule has 0 saturated heterocycles. The lowest BCUT2D eigenvalue weighted by atomic mass is 10.1. The number of nitrogens with two attached hydrogens (primary N) is 1. The summed E-state index contributed by atoms with van der Waals surface area (Å²) in [7, 11) is 1.62. The Bertz CT molecular complexity index is 798. The third kappa shape index (κ3) is 2.72. The molecule has 0 aliphatic heterocycles. The zero-order chi connectivity index (χ0) is 15.0. The van der Waals surface area contributed by atoms with Crippen molar-refractivity contribution in [2.24, 2.45) is 5.73 Å². The maximum atomic E-state index is 6.24. The van der Waals surface area contributed by atoms with Crippen LogP contribution in [0.25, 0.3) is 11.0 Å². The standard InChI is InChI=1S/C16H13Cl2NO2/c1-20-11-4-2-9-7-15(21-14(9)8-11)16(19)10-3-5-12(17)13(18)6-10/h2-8,16H,19H2,1H3. The number of rotatable bonds is 3. The zero-order valence-corrected chi connectivity index (χ0v) is 12.8. The first-order chi connectivity index (χ1) is 10.1. The molecule has 2 N–H and O–H groups in total. The highest BCUT2D eigenvalue weighted by Crippen LogP contribution is 2.31. The zero-order valence-electron chi connectivity index (χ0n) is 11.3. The van der Waals surface area contributed by atoms with Gasteiger partial charge in [0, 0.05) is 11.5 Å². The molecule has 3 nitrogen and oxygen atoms in total. The average molecular weight is 322 g/mol. The van der Waals surface area contributed by atoms with Crippen molar-refractivity contribution in [1.29, 1.82) is 0 Å². The van der Waals surface area contributed by atoms with Crippen molar-refractivity contribution >= 4 is 34.2 Å². The second-order valence-electron chi connectivity index (χ2n) is 4.70. The van der Waals surface area contributed by atoms with Gasteiger partial charge in [0.1, 0.15) is 17.1 Å². The number of ether oxygens (including phenoxy) is 1. The van der Waals surface area contributed by atoms with Crippen LogP contribution < -0.4 is 10.5 Å². The van der Waals surface area contributed by atoms with E-state index in [1.165, 1.54) is 0 Å². The fraction of sp³-hybridized carbons (Fsp3) is 0.125. The number of methoxy groups -OCH3 is 1. The van der Waals surface area contributed by atoms with Gasteiger partial charge in [0.2, 0.25) is 0 Å². The SMILES string of the molecule is COc1ccc2cc(C(N)c3ccc(Cl)c(Cl)c3)oc2c1. The molecule has 0 aliphatic rings. The van der Waals surface area contributed by atoms with Gasteiger partial charge in [-0.05, 0) is 35.9 Å². The van der Waals surface area contributed by atoms with E-state index in [1.54, 1.807) is 19.2 Å². The summed E-state index contributed by atoms with van der Waals surface area (Å²) in [5, 5.41) is 1.95. The van der Waals surface area contributed by atoms with E-state index in [4.69, 9.17) is 38.1 Å². The van der Waals surface area contributed by atoms with E-state index in [0.29, 0.717) is 15.8 Å². The van der Waals surface area contributed by atoms with E-state index < -0.39 is 6.04 Å². The van der Waals surface area contributed by atoms with Crippen LogP contribution in [0, 0.1) is 0 Å². The van der Waals surface area contributed by atoms with Crippen LogP contribution in [0.1, 0.15) is 17.4 Å². The lowest BCUT2D eigenvalue weighted by molar-refractivity contribution is 0.414. The van der Waals surface area contributed by atoms with Gasteiger partial charge in [-0.25, -0.2) is 0 Å². The molecule has 0 saturated carbocycles. The lowest BCUT2D eigenvalue weighted by Gasteiger charge is -2.09. The second kappa shape index (κ2) is 5.60. The molecule has 0 bridgehead atoms. The Labute approximate surface area is 132 Å². The minimum Gasteiger partial charge on any atom is -0.497 e. The van der Waals surface area contributed by atoms with Crippen LogP contribution in [0.15, 0.2) is 46.9 Å². The molecule has 0 radical (unpaired) electrons. The van der Waals surface area contributed by atoms with Crippen molar-refractivity contribution in [2.45, 2.75) is 6.04 Å². The number of hydrogen-bond donors (Lipinski definition) is 1. The van der Waals surface area contributed by atoms with Crippen molar-refractivity contribution in [2.75, 3.05) is 7.11 Å². The van der Waals surface area contributed by atoms with Gasteiger partial charge < -0.3 is 14.9 Å². The molecule has 21 heavy (non-hydrogen) atoms. The van der Waals surface area contributed by atoms with Gasteiger partial charge in [-0.3, -0.25) is 0 Å². The summed E-state index contributed by atoms with van der Waals surface area (Å²) in [6, 6.07) is 12.5. The molecule has 1 aromatic heterocycles. The Morgan fingerprint density at radius 3 is 2.57 bits per heavy atom. The number of furan rings is 1. The van der Waals surface area contributed by atoms with Gasteiger partial charge >= 0.3 is 0 Å². The molecule has 108 valence electrons. The van der Waals surface area contributed by atoms with Crippen LogP contribution in [-0.4, -0.2) is 7.11 Å². The molecule has 1 unspecified atom stereocenters. The van der Waals surface area contributed by atoms with E-state index in [1.807, 2.05) is 30.3 Å². The van der Waals surface area contributed by atoms with Crippen molar-refractivity contribution in [3.8, 4) is 5.75 Å². The Morgan fingerprint density at radius 1 is 1.05 bits per heavy atom. The summed E-state index contributed by atoms with van der Waals surface area (Å²) >= 11 is 11.9. The summed E-state index contributed by atoms with van der Waals surface area (Å²) < 4.78 is 11.0. The highest BCUT2D eigenvalue weighted by Gasteiger charge is 2.15. The molecule has 0 amide bonds. The fourth-order valence-electron chi connectivity index (χ4n) is 2.18. The van der Waals surface area contributed by atoms with Gasteiger partial charge in [-0.2, -0.15) is 0 Å². The maximum Gasteiger partial charge on any atom is 0.138 e. The largest absolute Gasteiger partial charge is 0.497 e. The highest BCUT2D eigenvalue weighted by molar-refractivity contribution is 6.42. The third-order valence-electron chi connectivity index (χ3n) is 3.36. The number of fused-ring (bicyclic) bond motifs is 1. The molecule has 5 heteroatoms. The third-order valence-corrected chi connectivity index (χ3v) is 4.09. The fourth-order valence-corrected chi connectivity index (χ4v) is 2.49. The minimum absolute atomic E-state index is 0.404. The van der Waals surface area contributed by atoms with Gasteiger partial charge in [0.25, 0.3) is 0 Å². The van der Waals surface area contributed by atoms with Crippen LogP contribution >= 0.6 is 23.2 Å². The molecule has 0 spiro atoms. The normalized spacial score (nSPS) is 12.6. The van der Waals surface area contributed by atoms with Crippen LogP contribution in [0.2, 0.25) is 10.0 Å². The molecule has 0 fully saturated rings. The Kier molecular flexibility index (Phi) is 3.81. The molecule has 1 heterocycles. The van der Waals surface area contributed by atoms with E-state index in [2.05, 4.69) is 0 Å². The van der Waals surface area contributed by atoms with Crippen molar-refractivity contribution in [3.63, 3.8) is 0 Å². The number of benzene rings is 2. The van der Waals surface area contributed by atoms with Gasteiger partial charge in [0.05, 0.1) is 23.2 Å². The van der Waals surface area contributed by atoms with Crippen molar-refractivity contribution < 1.29 is 9.15 Å². The van der Waals surface area contributed by atoms with E-state index in [9.17, 15) is 0 Å². The monoisotopic (exact) mass is 321 g/mol. The molecule has 0 aliphatic carbocycles. The van der Waals surface area contributed by atoms with Crippen molar-refractivity contribution in [1.82, 2.24) is 0 Å². The maximum absolute atomic E-state index is 6.24. The summed E-state index contributed by atoms with van der Waals surface area (Å²) in [6.07, 6.45) is 0. The number of halogens is 2. The van der Waals surface area contributed by atoms with E-state index in [0.717, 1.165) is 22.3 Å². The van der Waals surface area contributed by atoms with Gasteiger partial charge in [0.15, 0.2) is 0 Å². The van der Waals surface area contributed by atoms with E-state index >= 15 is 0 Å². The smallest absolute Gasteiger partial charge is 0.138 e. The quantitative estimate of drug-likeness (QED) is 0.754. The lowest BCUT2D eigenvalue weighted by Crippen LogP contribution is -2.10. The minimum atomic E-state index is -0.404. The van der Waals surface area contributed by atoms with Crippen LogP contribution in [0.4, 0.5) is 0 Å². The summed E-state index contributed by atoms with van der Waals surface area (Å²) in [5.74, 6) is 1.41. The highest BCUT2D eigenvalue weighted by atomic mass is 35.5. The first-order valence-electron chi connectivity index (χ1n) is 6.36. The van der Waals surface area contributed by atoms with Crippen LogP contribution in [0.5, 0.6) is 5.75 Å². The predicted octanol–water partition coefficient (Wildman–Crippen LogP) is 4.80. The Balaban J connectivity index is 2.00. The average Bonchev–Trinajstić information content (AvgIpc) is 2.92. The molecular formula is C16H13Cl2NO2. The summed E-state index contributed by atoms with van der Waals surface area (Å²) in [5.41, 5.74) is 7.82. The molecule has 1 atom stereocenters. The Hall–Kier alpha value is -1.68. The van der Waals surface area contributed by atoms with Crippen molar-refractivity contribution in [3.05, 3.63) is 63.8 Å². The molecule has 3 aromatic rings. The topological polar surface area (TPSA) is 48.4 Å². The van der Waals surface area contributed by atoms with Crippen LogP contribution in [0.3, 0.4) is 0 Å².